The summed E-state index contributed by atoms with van der Waals surface area (Å²) in [5.74, 6) is 1.32. The number of hydrogen-bond donors (Lipinski definition) is 1. The third-order valence-corrected chi connectivity index (χ3v) is 6.28. The molecule has 7 heteroatoms. The Kier molecular flexibility index (Phi) is 6.63. The predicted octanol–water partition coefficient (Wildman–Crippen LogP) is 5.30. The van der Waals surface area contributed by atoms with Crippen molar-refractivity contribution in [1.29, 1.82) is 0 Å². The molecule has 0 saturated carbocycles. The zero-order valence-electron chi connectivity index (χ0n) is 19.6. The largest absolute Gasteiger partial charge is 0.363 e. The summed E-state index contributed by atoms with van der Waals surface area (Å²) in [5, 5.41) is 4.32. The van der Waals surface area contributed by atoms with Crippen molar-refractivity contribution in [2.75, 3.05) is 19.4 Å². The van der Waals surface area contributed by atoms with Crippen LogP contribution in [-0.4, -0.2) is 33.5 Å². The second-order valence-corrected chi connectivity index (χ2v) is 9.45. The number of pyridine rings is 1. The lowest BCUT2D eigenvalue weighted by molar-refractivity contribution is 0.403. The van der Waals surface area contributed by atoms with E-state index >= 15 is 0 Å². The van der Waals surface area contributed by atoms with E-state index < -0.39 is 0 Å². The Morgan fingerprint density at radius 1 is 1.09 bits per heavy atom. The second-order valence-electron chi connectivity index (χ2n) is 8.60. The minimum absolute atomic E-state index is 0.0181. The van der Waals surface area contributed by atoms with Gasteiger partial charge in [0.2, 0.25) is 0 Å². The topological polar surface area (TPSA) is 63.1 Å². The zero-order chi connectivity index (χ0) is 23.7. The van der Waals surface area contributed by atoms with Gasteiger partial charge in [-0.15, -0.1) is 0 Å². The highest BCUT2D eigenvalue weighted by atomic mass is 79.9. The van der Waals surface area contributed by atoms with Gasteiger partial charge in [0.05, 0.1) is 9.86 Å². The molecule has 33 heavy (non-hydrogen) atoms. The Hall–Kier alpha value is -3.03. The Balaban J connectivity index is 1.64. The average Bonchev–Trinajstić information content (AvgIpc) is 2.78. The Morgan fingerprint density at radius 3 is 2.48 bits per heavy atom. The van der Waals surface area contributed by atoms with Crippen LogP contribution in [0, 0.1) is 6.92 Å². The molecule has 2 aromatic carbocycles. The molecule has 0 radical (unpaired) electrons. The maximum atomic E-state index is 12.3. The summed E-state index contributed by atoms with van der Waals surface area (Å²) in [6.07, 6.45) is 0. The molecular weight excluding hydrogens is 478 g/mol. The molecule has 4 aromatic rings. The summed E-state index contributed by atoms with van der Waals surface area (Å²) in [4.78, 5) is 23.6. The normalized spacial score (nSPS) is 12.3. The van der Waals surface area contributed by atoms with Crippen LogP contribution in [0.1, 0.15) is 29.9 Å². The molecule has 0 aliphatic heterocycles. The van der Waals surface area contributed by atoms with Crippen molar-refractivity contribution in [3.63, 3.8) is 0 Å². The van der Waals surface area contributed by atoms with Crippen LogP contribution in [-0.2, 0) is 13.6 Å². The highest BCUT2D eigenvalue weighted by Crippen LogP contribution is 2.29. The van der Waals surface area contributed by atoms with Gasteiger partial charge >= 0.3 is 0 Å². The number of hydrogen-bond acceptors (Lipinski definition) is 5. The van der Waals surface area contributed by atoms with E-state index in [1.54, 1.807) is 17.7 Å². The van der Waals surface area contributed by atoms with Gasteiger partial charge < -0.3 is 10.2 Å². The molecule has 0 saturated heterocycles. The Bertz CT molecular complexity index is 1360. The van der Waals surface area contributed by atoms with Crippen LogP contribution in [0.2, 0.25) is 0 Å². The lowest BCUT2D eigenvalue weighted by Gasteiger charge is -2.19. The van der Waals surface area contributed by atoms with Crippen molar-refractivity contribution < 1.29 is 0 Å². The summed E-state index contributed by atoms with van der Waals surface area (Å²) in [7, 11) is 5.90. The van der Waals surface area contributed by atoms with Crippen molar-refractivity contribution >= 4 is 32.8 Å². The van der Waals surface area contributed by atoms with E-state index in [4.69, 9.17) is 0 Å². The first-order valence-corrected chi connectivity index (χ1v) is 11.7. The molecule has 1 atom stereocenters. The molecule has 0 amide bonds. The number of fused-ring (bicyclic) bond motifs is 1. The molecule has 170 valence electrons. The summed E-state index contributed by atoms with van der Waals surface area (Å²) in [6, 6.07) is 19.0. The number of nitrogens with zero attached hydrogens (tertiary/aromatic N) is 4. The number of aryl methyl sites for hydroxylation is 2. The predicted molar refractivity (Wildman–Crippen MR) is 139 cm³/mol. The zero-order valence-corrected chi connectivity index (χ0v) is 21.1. The van der Waals surface area contributed by atoms with E-state index in [1.807, 2.05) is 6.92 Å². The molecule has 2 heterocycles. The van der Waals surface area contributed by atoms with Crippen LogP contribution >= 0.6 is 15.9 Å². The maximum Gasteiger partial charge on any atom is 0.266 e. The number of aromatic nitrogens is 3. The van der Waals surface area contributed by atoms with Gasteiger partial charge in [-0.3, -0.25) is 9.36 Å². The molecule has 6 nitrogen and oxygen atoms in total. The first-order chi connectivity index (χ1) is 15.7. The fraction of sp³-hybridized carbons (Fsp3) is 0.269. The highest BCUT2D eigenvalue weighted by Gasteiger charge is 2.15. The highest BCUT2D eigenvalue weighted by molar-refractivity contribution is 9.10. The van der Waals surface area contributed by atoms with Crippen LogP contribution in [0.25, 0.3) is 22.2 Å². The lowest BCUT2D eigenvalue weighted by Crippen LogP contribution is -2.20. The standard InChI is InChI=1S/C26H28BrN5O/c1-16(28-24-22-14-23(27)26(33)32(5)25(22)30-17(2)29-24)18-10-12-19(13-11-18)21-9-7-6-8-20(21)15-31(3)4/h6-14,16H,15H2,1-5H3,(H,28,29,30)/t16-/m1/s1. The monoisotopic (exact) mass is 505 g/mol. The Morgan fingerprint density at radius 2 is 1.79 bits per heavy atom. The molecule has 2 aromatic heterocycles. The van der Waals surface area contributed by atoms with Crippen molar-refractivity contribution in [2.24, 2.45) is 7.05 Å². The number of anilines is 1. The molecule has 0 aliphatic rings. The van der Waals surface area contributed by atoms with Crippen molar-refractivity contribution in [1.82, 2.24) is 19.4 Å². The lowest BCUT2D eigenvalue weighted by atomic mass is 9.97. The number of nitrogens with one attached hydrogen (secondary N) is 1. The molecule has 0 aliphatic carbocycles. The summed E-state index contributed by atoms with van der Waals surface area (Å²) in [5.41, 5.74) is 5.40. The van der Waals surface area contributed by atoms with Crippen LogP contribution in [0.15, 0.2) is 63.9 Å². The minimum atomic E-state index is -0.121. The number of benzene rings is 2. The molecule has 1 N–H and O–H groups in total. The van der Waals surface area contributed by atoms with E-state index in [1.165, 1.54) is 16.7 Å². The van der Waals surface area contributed by atoms with Gasteiger partial charge in [0.15, 0.2) is 0 Å². The van der Waals surface area contributed by atoms with Crippen molar-refractivity contribution in [3.05, 3.63) is 86.4 Å². The van der Waals surface area contributed by atoms with Crippen LogP contribution in [0.5, 0.6) is 0 Å². The fourth-order valence-electron chi connectivity index (χ4n) is 4.03. The van der Waals surface area contributed by atoms with E-state index in [2.05, 4.69) is 106 Å². The van der Waals surface area contributed by atoms with Gasteiger partial charge in [-0.05, 0) is 72.2 Å². The Labute approximate surface area is 202 Å². The SMILES string of the molecule is Cc1nc(N[C@H](C)c2ccc(-c3ccccc3CN(C)C)cc2)c2cc(Br)c(=O)n(C)c2n1. The molecular formula is C26H28BrN5O. The maximum absolute atomic E-state index is 12.3. The van der Waals surface area contributed by atoms with Gasteiger partial charge in [-0.2, -0.15) is 0 Å². The molecule has 4 rings (SSSR count). The quantitative estimate of drug-likeness (QED) is 0.385. The van der Waals surface area contributed by atoms with Crippen molar-refractivity contribution in [2.45, 2.75) is 26.4 Å². The summed E-state index contributed by atoms with van der Waals surface area (Å²) in [6.45, 7) is 4.84. The van der Waals surface area contributed by atoms with Crippen LogP contribution < -0.4 is 10.9 Å². The van der Waals surface area contributed by atoms with E-state index in [0.717, 1.165) is 17.5 Å². The number of rotatable bonds is 6. The first kappa shape index (κ1) is 23.1. The van der Waals surface area contributed by atoms with Gasteiger partial charge in [-0.25, -0.2) is 9.97 Å². The molecule has 0 bridgehead atoms. The third-order valence-electron chi connectivity index (χ3n) is 5.71. The summed E-state index contributed by atoms with van der Waals surface area (Å²) >= 11 is 3.36. The van der Waals surface area contributed by atoms with E-state index in [9.17, 15) is 4.79 Å². The fourth-order valence-corrected chi connectivity index (χ4v) is 4.53. The van der Waals surface area contributed by atoms with E-state index in [0.29, 0.717) is 21.8 Å². The average molecular weight is 506 g/mol. The molecule has 0 fully saturated rings. The smallest absolute Gasteiger partial charge is 0.266 e. The number of halogens is 1. The summed E-state index contributed by atoms with van der Waals surface area (Å²) < 4.78 is 2.03. The van der Waals surface area contributed by atoms with Gasteiger partial charge in [0, 0.05) is 19.6 Å². The van der Waals surface area contributed by atoms with Gasteiger partial charge in [-0.1, -0.05) is 48.5 Å². The molecule has 0 unspecified atom stereocenters. The van der Waals surface area contributed by atoms with Crippen molar-refractivity contribution in [3.8, 4) is 11.1 Å². The third kappa shape index (κ3) is 4.84. The van der Waals surface area contributed by atoms with E-state index in [-0.39, 0.29) is 11.6 Å². The minimum Gasteiger partial charge on any atom is -0.363 e. The van der Waals surface area contributed by atoms with Crippen LogP contribution in [0.3, 0.4) is 0 Å². The van der Waals surface area contributed by atoms with Crippen LogP contribution in [0.4, 0.5) is 5.82 Å². The van der Waals surface area contributed by atoms with Gasteiger partial charge in [0.1, 0.15) is 17.3 Å². The second kappa shape index (κ2) is 9.45. The van der Waals surface area contributed by atoms with Gasteiger partial charge in [0.25, 0.3) is 5.56 Å². The first-order valence-electron chi connectivity index (χ1n) is 10.9. The molecule has 0 spiro atoms.